The minimum absolute atomic E-state index is 0.254. The van der Waals surface area contributed by atoms with Crippen molar-refractivity contribution < 1.29 is 0 Å². The van der Waals surface area contributed by atoms with Gasteiger partial charge in [-0.15, -0.1) is 0 Å². The van der Waals surface area contributed by atoms with Crippen LogP contribution >= 0.6 is 0 Å². The second kappa shape index (κ2) is 4.88. The summed E-state index contributed by atoms with van der Waals surface area (Å²) in [6.07, 6.45) is 4.50. The fourth-order valence-corrected chi connectivity index (χ4v) is 3.42. The van der Waals surface area contributed by atoms with Crippen LogP contribution in [-0.4, -0.2) is 9.55 Å². The van der Waals surface area contributed by atoms with E-state index in [4.69, 9.17) is 10.7 Å². The van der Waals surface area contributed by atoms with E-state index in [1.807, 2.05) is 0 Å². The third-order valence-electron chi connectivity index (χ3n) is 4.72. The monoisotopic (exact) mass is 271 g/mol. The average molecular weight is 271 g/mol. The maximum atomic E-state index is 6.76. The summed E-state index contributed by atoms with van der Waals surface area (Å²) >= 11 is 0. The maximum Gasteiger partial charge on any atom is 0.130 e. The van der Waals surface area contributed by atoms with Crippen molar-refractivity contribution in [3.8, 4) is 0 Å². The summed E-state index contributed by atoms with van der Waals surface area (Å²) in [5, 5.41) is 0. The summed E-state index contributed by atoms with van der Waals surface area (Å²) in [5.41, 5.74) is 8.79. The van der Waals surface area contributed by atoms with Crippen LogP contribution in [0.15, 0.2) is 24.3 Å². The molecule has 0 atom stereocenters. The number of benzene rings is 1. The number of hydrogen-bond donors (Lipinski definition) is 1. The number of hydrogen-bond acceptors (Lipinski definition) is 2. The van der Waals surface area contributed by atoms with Crippen LogP contribution in [0.1, 0.15) is 58.3 Å². The molecule has 1 aliphatic rings. The number of nitrogens with two attached hydrogens (primary N) is 1. The first kappa shape index (κ1) is 13.6. The van der Waals surface area contributed by atoms with Crippen LogP contribution < -0.4 is 5.73 Å². The first-order valence-corrected chi connectivity index (χ1v) is 7.77. The van der Waals surface area contributed by atoms with Crippen LogP contribution in [-0.2, 0) is 5.54 Å². The summed E-state index contributed by atoms with van der Waals surface area (Å²) in [4.78, 5) is 4.89. The van der Waals surface area contributed by atoms with E-state index in [0.29, 0.717) is 6.04 Å². The Kier molecular flexibility index (Phi) is 3.33. The number of para-hydroxylation sites is 2. The lowest BCUT2D eigenvalue weighted by Gasteiger charge is -2.36. The molecule has 0 unspecified atom stereocenters. The van der Waals surface area contributed by atoms with Gasteiger partial charge in [0, 0.05) is 6.04 Å². The molecular weight excluding hydrogens is 246 g/mol. The third kappa shape index (κ3) is 2.14. The Balaban J connectivity index is 2.13. The molecule has 2 aromatic rings. The largest absolute Gasteiger partial charge is 0.324 e. The van der Waals surface area contributed by atoms with Crippen molar-refractivity contribution in [1.29, 1.82) is 0 Å². The van der Waals surface area contributed by atoms with Gasteiger partial charge in [-0.3, -0.25) is 0 Å². The predicted octanol–water partition coefficient (Wildman–Crippen LogP) is 3.98. The van der Waals surface area contributed by atoms with E-state index in [1.54, 1.807) is 0 Å². The number of aromatic nitrogens is 2. The number of imidazole rings is 1. The van der Waals surface area contributed by atoms with Gasteiger partial charge in [-0.05, 0) is 57.6 Å². The molecule has 0 amide bonds. The van der Waals surface area contributed by atoms with E-state index in [2.05, 4.69) is 49.6 Å². The van der Waals surface area contributed by atoms with Gasteiger partial charge in [0.15, 0.2) is 0 Å². The van der Waals surface area contributed by atoms with Gasteiger partial charge in [0.2, 0.25) is 0 Å². The van der Waals surface area contributed by atoms with Gasteiger partial charge in [-0.1, -0.05) is 19.1 Å². The van der Waals surface area contributed by atoms with Crippen LogP contribution in [0.5, 0.6) is 0 Å². The van der Waals surface area contributed by atoms with Crippen LogP contribution in [0.4, 0.5) is 0 Å². The molecule has 0 spiro atoms. The van der Waals surface area contributed by atoms with Crippen molar-refractivity contribution in [1.82, 2.24) is 9.55 Å². The first-order valence-electron chi connectivity index (χ1n) is 7.77. The lowest BCUT2D eigenvalue weighted by atomic mass is 9.77. The van der Waals surface area contributed by atoms with E-state index in [1.165, 1.54) is 18.4 Å². The van der Waals surface area contributed by atoms with Crippen LogP contribution in [0.25, 0.3) is 11.0 Å². The van der Waals surface area contributed by atoms with Crippen LogP contribution in [0.2, 0.25) is 0 Å². The number of fused-ring (bicyclic) bond motifs is 1. The Labute approximate surface area is 121 Å². The highest BCUT2D eigenvalue weighted by molar-refractivity contribution is 5.76. The van der Waals surface area contributed by atoms with Crippen LogP contribution in [0.3, 0.4) is 0 Å². The smallest absolute Gasteiger partial charge is 0.130 e. The minimum Gasteiger partial charge on any atom is -0.324 e. The molecule has 3 rings (SSSR count). The highest BCUT2D eigenvalue weighted by Gasteiger charge is 2.36. The van der Waals surface area contributed by atoms with Gasteiger partial charge in [-0.2, -0.15) is 0 Å². The van der Waals surface area contributed by atoms with Crippen molar-refractivity contribution in [3.63, 3.8) is 0 Å². The molecule has 3 nitrogen and oxygen atoms in total. The molecule has 0 aliphatic heterocycles. The fourth-order valence-electron chi connectivity index (χ4n) is 3.42. The Bertz CT molecular complexity index is 604. The van der Waals surface area contributed by atoms with Gasteiger partial charge < -0.3 is 10.3 Å². The van der Waals surface area contributed by atoms with Gasteiger partial charge in [0.05, 0.1) is 16.6 Å². The van der Waals surface area contributed by atoms with E-state index < -0.39 is 0 Å². The highest BCUT2D eigenvalue weighted by Crippen LogP contribution is 2.39. The molecule has 1 aromatic carbocycles. The zero-order chi connectivity index (χ0) is 14.3. The second-order valence-electron chi connectivity index (χ2n) is 6.73. The molecule has 1 aromatic heterocycles. The summed E-state index contributed by atoms with van der Waals surface area (Å²) < 4.78 is 2.34. The van der Waals surface area contributed by atoms with Crippen molar-refractivity contribution in [3.05, 3.63) is 30.1 Å². The second-order valence-corrected chi connectivity index (χ2v) is 6.73. The summed E-state index contributed by atoms with van der Waals surface area (Å²) in [5.74, 6) is 1.88. The zero-order valence-electron chi connectivity index (χ0n) is 12.8. The summed E-state index contributed by atoms with van der Waals surface area (Å²) in [7, 11) is 0. The predicted molar refractivity (Wildman–Crippen MR) is 83.6 cm³/mol. The quantitative estimate of drug-likeness (QED) is 0.897. The van der Waals surface area contributed by atoms with E-state index in [9.17, 15) is 0 Å². The SMILES string of the molecule is CC1CCC(N)(c2nc3ccccc3n2C(C)C)CC1. The Hall–Kier alpha value is -1.35. The molecule has 1 heterocycles. The number of nitrogens with zero attached hydrogens (tertiary/aromatic N) is 2. The van der Waals surface area contributed by atoms with Gasteiger partial charge in [0.1, 0.15) is 5.82 Å². The molecule has 0 saturated heterocycles. The molecule has 3 heteroatoms. The zero-order valence-corrected chi connectivity index (χ0v) is 12.8. The van der Waals surface area contributed by atoms with Gasteiger partial charge in [0.25, 0.3) is 0 Å². The molecule has 1 aliphatic carbocycles. The molecule has 20 heavy (non-hydrogen) atoms. The van der Waals surface area contributed by atoms with Crippen LogP contribution in [0, 0.1) is 5.92 Å². The summed E-state index contributed by atoms with van der Waals surface area (Å²) in [6, 6.07) is 8.76. The standard InChI is InChI=1S/C17H25N3/c1-12(2)20-15-7-5-4-6-14(15)19-16(20)17(18)10-8-13(3)9-11-17/h4-7,12-13H,8-11,18H2,1-3H3. The fraction of sp³-hybridized carbons (Fsp3) is 0.588. The van der Waals surface area contributed by atoms with Crippen molar-refractivity contribution in [2.45, 2.75) is 58.0 Å². The average Bonchev–Trinajstić information content (AvgIpc) is 2.82. The Morgan fingerprint density at radius 1 is 1.25 bits per heavy atom. The molecule has 1 saturated carbocycles. The van der Waals surface area contributed by atoms with Crippen molar-refractivity contribution in [2.75, 3.05) is 0 Å². The van der Waals surface area contributed by atoms with Crippen molar-refractivity contribution in [2.24, 2.45) is 11.7 Å². The van der Waals surface area contributed by atoms with E-state index in [0.717, 1.165) is 30.1 Å². The minimum atomic E-state index is -0.254. The van der Waals surface area contributed by atoms with E-state index >= 15 is 0 Å². The molecular formula is C17H25N3. The molecule has 108 valence electrons. The maximum absolute atomic E-state index is 6.76. The number of rotatable bonds is 2. The lowest BCUT2D eigenvalue weighted by molar-refractivity contribution is 0.229. The van der Waals surface area contributed by atoms with Gasteiger partial charge >= 0.3 is 0 Å². The third-order valence-corrected chi connectivity index (χ3v) is 4.72. The molecule has 0 bridgehead atoms. The molecule has 0 radical (unpaired) electrons. The highest BCUT2D eigenvalue weighted by atomic mass is 15.1. The van der Waals surface area contributed by atoms with Crippen molar-refractivity contribution >= 4 is 11.0 Å². The summed E-state index contributed by atoms with van der Waals surface area (Å²) in [6.45, 7) is 6.75. The first-order chi connectivity index (χ1) is 9.51. The topological polar surface area (TPSA) is 43.8 Å². The molecule has 1 fully saturated rings. The normalized spacial score (nSPS) is 27.4. The van der Waals surface area contributed by atoms with E-state index in [-0.39, 0.29) is 5.54 Å². The van der Waals surface area contributed by atoms with Gasteiger partial charge in [-0.25, -0.2) is 4.98 Å². The Morgan fingerprint density at radius 2 is 1.90 bits per heavy atom. The lowest BCUT2D eigenvalue weighted by Crippen LogP contribution is -2.42. The molecule has 2 N–H and O–H groups in total. The Morgan fingerprint density at radius 3 is 2.55 bits per heavy atom.